The van der Waals surface area contributed by atoms with Gasteiger partial charge in [-0.3, -0.25) is 0 Å². The number of phenolic OH excluding ortho intramolecular Hbond substituents is 1. The van der Waals surface area contributed by atoms with Crippen molar-refractivity contribution in [2.75, 3.05) is 14.2 Å². The van der Waals surface area contributed by atoms with Gasteiger partial charge in [-0.2, -0.15) is 0 Å². The summed E-state index contributed by atoms with van der Waals surface area (Å²) >= 11 is 0. The van der Waals surface area contributed by atoms with Gasteiger partial charge in [0.1, 0.15) is 5.82 Å². The quantitative estimate of drug-likeness (QED) is 0.777. The lowest BCUT2D eigenvalue weighted by Crippen LogP contribution is -2.15. The van der Waals surface area contributed by atoms with Crippen molar-refractivity contribution in [1.29, 1.82) is 0 Å². The molecule has 1 atom stereocenters. The van der Waals surface area contributed by atoms with Crippen molar-refractivity contribution in [1.82, 2.24) is 0 Å². The van der Waals surface area contributed by atoms with Crippen molar-refractivity contribution in [3.63, 3.8) is 0 Å². The maximum atomic E-state index is 13.4. The molecule has 0 heterocycles. The Bertz CT molecular complexity index is 447. The van der Waals surface area contributed by atoms with E-state index in [1.807, 2.05) is 0 Å². The van der Waals surface area contributed by atoms with E-state index in [4.69, 9.17) is 0 Å². The minimum absolute atomic E-state index is 0.389. The number of hydrogen-bond acceptors (Lipinski definition) is 5. The average molecular weight is 248 g/mol. The third kappa shape index (κ3) is 2.28. The van der Waals surface area contributed by atoms with E-state index in [1.54, 1.807) is 0 Å². The highest BCUT2D eigenvalue weighted by Crippen LogP contribution is 2.38. The number of halogens is 2. The summed E-state index contributed by atoms with van der Waals surface area (Å²) in [6.07, 6.45) is -2.06. The van der Waals surface area contributed by atoms with Crippen LogP contribution in [0, 0.1) is 11.6 Å². The second kappa shape index (κ2) is 4.96. The lowest BCUT2D eigenvalue weighted by atomic mass is 10.1. The van der Waals surface area contributed by atoms with Gasteiger partial charge < -0.3 is 19.7 Å². The fourth-order valence-electron chi connectivity index (χ4n) is 1.29. The van der Waals surface area contributed by atoms with Crippen molar-refractivity contribution in [3.8, 4) is 11.5 Å². The van der Waals surface area contributed by atoms with Gasteiger partial charge in [-0.1, -0.05) is 0 Å². The van der Waals surface area contributed by atoms with Crippen LogP contribution < -0.4 is 4.74 Å². The van der Waals surface area contributed by atoms with Crippen LogP contribution in [0.15, 0.2) is 6.07 Å². The van der Waals surface area contributed by atoms with Gasteiger partial charge in [-0.15, -0.1) is 0 Å². The molecule has 94 valence electrons. The van der Waals surface area contributed by atoms with Gasteiger partial charge >= 0.3 is 5.97 Å². The highest BCUT2D eigenvalue weighted by Gasteiger charge is 2.29. The maximum Gasteiger partial charge on any atom is 0.339 e. The van der Waals surface area contributed by atoms with E-state index in [0.717, 1.165) is 14.2 Å². The summed E-state index contributed by atoms with van der Waals surface area (Å²) in [7, 11) is 2.02. The Morgan fingerprint density at radius 3 is 2.41 bits per heavy atom. The van der Waals surface area contributed by atoms with E-state index in [1.165, 1.54) is 0 Å². The summed E-state index contributed by atoms with van der Waals surface area (Å²) in [5.74, 6) is -5.26. The molecule has 0 amide bonds. The van der Waals surface area contributed by atoms with Gasteiger partial charge in [-0.25, -0.2) is 13.6 Å². The Kier molecular flexibility index (Phi) is 3.84. The van der Waals surface area contributed by atoms with E-state index in [9.17, 15) is 23.8 Å². The number of hydrogen-bond donors (Lipinski definition) is 2. The van der Waals surface area contributed by atoms with Crippen LogP contribution in [0.4, 0.5) is 8.78 Å². The summed E-state index contributed by atoms with van der Waals surface area (Å²) in [6.45, 7) is 0. The molecule has 0 radical (unpaired) electrons. The molecule has 0 saturated heterocycles. The predicted octanol–water partition coefficient (Wildman–Crippen LogP) is 0.885. The van der Waals surface area contributed by atoms with Crippen molar-refractivity contribution < 1.29 is 33.3 Å². The Balaban J connectivity index is 3.38. The number of phenols is 1. The Labute approximate surface area is 95.2 Å². The van der Waals surface area contributed by atoms with Crippen LogP contribution in [-0.2, 0) is 9.53 Å². The molecule has 0 aliphatic rings. The third-order valence-electron chi connectivity index (χ3n) is 2.10. The van der Waals surface area contributed by atoms with Crippen LogP contribution in [0.1, 0.15) is 11.7 Å². The van der Waals surface area contributed by atoms with Crippen LogP contribution in [0.3, 0.4) is 0 Å². The number of aliphatic hydroxyl groups excluding tert-OH is 1. The number of carbonyl (C=O) groups is 1. The zero-order chi connectivity index (χ0) is 13.2. The van der Waals surface area contributed by atoms with Gasteiger partial charge in [0.2, 0.25) is 0 Å². The third-order valence-corrected chi connectivity index (χ3v) is 2.10. The molecule has 2 N–H and O–H groups in total. The van der Waals surface area contributed by atoms with E-state index in [-0.39, 0.29) is 0 Å². The number of rotatable bonds is 3. The van der Waals surface area contributed by atoms with Gasteiger partial charge in [-0.05, 0) is 0 Å². The smallest absolute Gasteiger partial charge is 0.339 e. The average Bonchev–Trinajstić information content (AvgIpc) is 2.27. The van der Waals surface area contributed by atoms with E-state index < -0.39 is 40.8 Å². The second-order valence-corrected chi connectivity index (χ2v) is 3.06. The molecule has 1 unspecified atom stereocenters. The van der Waals surface area contributed by atoms with Crippen LogP contribution in [0.25, 0.3) is 0 Å². The lowest BCUT2D eigenvalue weighted by Gasteiger charge is -2.14. The molecule has 0 aliphatic carbocycles. The standard InChI is InChI=1S/C10H10F2O5/c1-16-9-5(12)3-4(11)6(7(9)13)8(14)10(15)17-2/h3,8,13-14H,1-2H3. The molecule has 0 fully saturated rings. The first kappa shape index (κ1) is 13.2. The summed E-state index contributed by atoms with van der Waals surface area (Å²) in [5.41, 5.74) is -0.796. The largest absolute Gasteiger partial charge is 0.504 e. The van der Waals surface area contributed by atoms with Crippen molar-refractivity contribution >= 4 is 5.97 Å². The first-order valence-electron chi connectivity index (χ1n) is 4.44. The normalized spacial score (nSPS) is 12.1. The minimum Gasteiger partial charge on any atom is -0.504 e. The molecule has 7 heteroatoms. The summed E-state index contributed by atoms with van der Waals surface area (Å²) < 4.78 is 35.1. The number of carbonyl (C=O) groups excluding carboxylic acids is 1. The molecule has 17 heavy (non-hydrogen) atoms. The summed E-state index contributed by atoms with van der Waals surface area (Å²) in [4.78, 5) is 11.0. The topological polar surface area (TPSA) is 76.0 Å². The van der Waals surface area contributed by atoms with E-state index in [0.29, 0.717) is 6.07 Å². The molecule has 5 nitrogen and oxygen atoms in total. The molecule has 1 aromatic rings. The van der Waals surface area contributed by atoms with Crippen LogP contribution >= 0.6 is 0 Å². The monoisotopic (exact) mass is 248 g/mol. The fourth-order valence-corrected chi connectivity index (χ4v) is 1.29. The molecule has 0 aromatic heterocycles. The number of benzene rings is 1. The van der Waals surface area contributed by atoms with Crippen LogP contribution in [-0.4, -0.2) is 30.4 Å². The van der Waals surface area contributed by atoms with Crippen molar-refractivity contribution in [2.45, 2.75) is 6.10 Å². The number of aromatic hydroxyl groups is 1. The minimum atomic E-state index is -2.06. The van der Waals surface area contributed by atoms with Crippen molar-refractivity contribution in [2.24, 2.45) is 0 Å². The van der Waals surface area contributed by atoms with Crippen molar-refractivity contribution in [3.05, 3.63) is 23.3 Å². The van der Waals surface area contributed by atoms with Gasteiger partial charge in [0, 0.05) is 6.07 Å². The highest BCUT2D eigenvalue weighted by atomic mass is 19.1. The Hall–Kier alpha value is -1.89. The number of esters is 1. The van der Waals surface area contributed by atoms with Crippen LogP contribution in [0.5, 0.6) is 11.5 Å². The van der Waals surface area contributed by atoms with E-state index >= 15 is 0 Å². The first-order valence-corrected chi connectivity index (χ1v) is 4.44. The van der Waals surface area contributed by atoms with Gasteiger partial charge in [0.15, 0.2) is 23.4 Å². The zero-order valence-corrected chi connectivity index (χ0v) is 9.03. The molecule has 0 aliphatic heterocycles. The summed E-state index contributed by atoms with van der Waals surface area (Å²) in [5, 5.41) is 18.9. The van der Waals surface area contributed by atoms with Gasteiger partial charge in [0.25, 0.3) is 0 Å². The molecule has 1 aromatic carbocycles. The molecule has 1 rings (SSSR count). The molecular formula is C10H10F2O5. The number of ether oxygens (including phenoxy) is 2. The Morgan fingerprint density at radius 1 is 1.35 bits per heavy atom. The Morgan fingerprint density at radius 2 is 1.94 bits per heavy atom. The number of methoxy groups -OCH3 is 2. The molecule has 0 saturated carbocycles. The molecule has 0 bridgehead atoms. The lowest BCUT2D eigenvalue weighted by molar-refractivity contribution is -0.151. The summed E-state index contributed by atoms with van der Waals surface area (Å²) in [6, 6.07) is 0.389. The maximum absolute atomic E-state index is 13.4. The van der Waals surface area contributed by atoms with Crippen LogP contribution in [0.2, 0.25) is 0 Å². The number of aliphatic hydroxyl groups is 1. The molecular weight excluding hydrogens is 238 g/mol. The van der Waals surface area contributed by atoms with Gasteiger partial charge in [0.05, 0.1) is 19.8 Å². The second-order valence-electron chi connectivity index (χ2n) is 3.06. The van der Waals surface area contributed by atoms with E-state index in [2.05, 4.69) is 9.47 Å². The highest BCUT2D eigenvalue weighted by molar-refractivity contribution is 5.77. The first-order chi connectivity index (χ1) is 7.93. The molecule has 0 spiro atoms. The zero-order valence-electron chi connectivity index (χ0n) is 9.03. The predicted molar refractivity (Wildman–Crippen MR) is 51.6 cm³/mol. The SMILES string of the molecule is COC(=O)C(O)c1c(F)cc(F)c(OC)c1O. The fraction of sp³-hybridized carbons (Fsp3) is 0.300.